The number of carbonyl (C=O) groups is 3. The van der Waals surface area contributed by atoms with Gasteiger partial charge in [0.25, 0.3) is 5.69 Å². The van der Waals surface area contributed by atoms with Crippen LogP contribution in [0.15, 0.2) is 24.3 Å². The van der Waals surface area contributed by atoms with Crippen molar-refractivity contribution in [3.05, 3.63) is 39.9 Å². The topological polar surface area (TPSA) is 113 Å². The second kappa shape index (κ2) is 11.0. The Morgan fingerprint density at radius 3 is 2.04 bits per heavy atom. The van der Waals surface area contributed by atoms with E-state index in [0.29, 0.717) is 0 Å². The van der Waals surface area contributed by atoms with E-state index in [4.69, 9.17) is 9.47 Å². The van der Waals surface area contributed by atoms with E-state index in [1.807, 2.05) is 0 Å². The Bertz CT molecular complexity index is 635. The van der Waals surface area contributed by atoms with Gasteiger partial charge in [-0.25, -0.2) is 0 Å². The first-order valence-electron chi connectivity index (χ1n) is 8.48. The van der Waals surface area contributed by atoms with E-state index in [-0.39, 0.29) is 55.9 Å². The molecule has 0 saturated carbocycles. The molecule has 0 heterocycles. The number of hydrogen-bond acceptors (Lipinski definition) is 7. The Balaban J connectivity index is 2.88. The van der Waals surface area contributed by atoms with Crippen molar-refractivity contribution in [2.75, 3.05) is 13.2 Å². The molecule has 0 radical (unpaired) electrons. The summed E-state index contributed by atoms with van der Waals surface area (Å²) in [7, 11) is 0. The van der Waals surface area contributed by atoms with E-state index in [0.717, 1.165) is 0 Å². The Morgan fingerprint density at radius 2 is 1.58 bits per heavy atom. The quantitative estimate of drug-likeness (QED) is 0.256. The average molecular weight is 365 g/mol. The van der Waals surface area contributed by atoms with Crippen molar-refractivity contribution in [2.24, 2.45) is 5.92 Å². The molecule has 142 valence electrons. The molecule has 0 aliphatic rings. The maximum Gasteiger partial charge on any atom is 0.305 e. The molecule has 0 spiro atoms. The summed E-state index contributed by atoms with van der Waals surface area (Å²) in [4.78, 5) is 46.2. The van der Waals surface area contributed by atoms with E-state index in [2.05, 4.69) is 0 Å². The second-order valence-electron chi connectivity index (χ2n) is 5.56. The monoisotopic (exact) mass is 365 g/mol. The minimum Gasteiger partial charge on any atom is -0.466 e. The van der Waals surface area contributed by atoms with E-state index in [1.54, 1.807) is 13.8 Å². The van der Waals surface area contributed by atoms with Gasteiger partial charge in [-0.2, -0.15) is 0 Å². The highest BCUT2D eigenvalue weighted by Gasteiger charge is 2.24. The van der Waals surface area contributed by atoms with Gasteiger partial charge in [-0.05, 0) is 26.7 Å². The molecule has 0 fully saturated rings. The van der Waals surface area contributed by atoms with Gasteiger partial charge >= 0.3 is 11.9 Å². The largest absolute Gasteiger partial charge is 0.466 e. The van der Waals surface area contributed by atoms with E-state index in [1.165, 1.54) is 24.3 Å². The summed E-state index contributed by atoms with van der Waals surface area (Å²) in [6, 6.07) is 5.41. The maximum absolute atomic E-state index is 12.7. The molecular weight excluding hydrogens is 342 g/mol. The molecule has 0 aromatic heterocycles. The molecule has 26 heavy (non-hydrogen) atoms. The number of Topliss-reactive ketones (excluding diaryl/α,β-unsaturated/α-hetero) is 1. The van der Waals surface area contributed by atoms with Gasteiger partial charge < -0.3 is 9.47 Å². The fraction of sp³-hybridized carbons (Fsp3) is 0.500. The van der Waals surface area contributed by atoms with Crippen LogP contribution in [0.4, 0.5) is 5.69 Å². The summed E-state index contributed by atoms with van der Waals surface area (Å²) in [5.74, 6) is -1.84. The predicted molar refractivity (Wildman–Crippen MR) is 92.7 cm³/mol. The Kier molecular flexibility index (Phi) is 8.97. The predicted octanol–water partition coefficient (Wildman–Crippen LogP) is 3.08. The molecule has 0 amide bonds. The molecule has 0 N–H and O–H groups in total. The van der Waals surface area contributed by atoms with Crippen LogP contribution in [-0.2, 0) is 19.1 Å². The van der Waals surface area contributed by atoms with Crippen molar-refractivity contribution in [1.29, 1.82) is 0 Å². The summed E-state index contributed by atoms with van der Waals surface area (Å²) in [5, 5.41) is 10.9. The van der Waals surface area contributed by atoms with Crippen LogP contribution in [0.25, 0.3) is 0 Å². The third-order valence-electron chi connectivity index (χ3n) is 3.72. The fourth-order valence-corrected chi connectivity index (χ4v) is 2.47. The molecule has 1 aromatic carbocycles. The number of carbonyl (C=O) groups excluding carboxylic acids is 3. The van der Waals surface area contributed by atoms with E-state index >= 15 is 0 Å². The Labute approximate surface area is 151 Å². The smallest absolute Gasteiger partial charge is 0.305 e. The lowest BCUT2D eigenvalue weighted by atomic mass is 9.89. The SMILES string of the molecule is CCOC(=O)CCC(CCC(=O)OCC)C(=O)c1cccc([N+](=O)[O-])c1. The molecule has 0 aliphatic carbocycles. The summed E-state index contributed by atoms with van der Waals surface area (Å²) in [5.41, 5.74) is -0.0118. The van der Waals surface area contributed by atoms with Crippen molar-refractivity contribution in [2.45, 2.75) is 39.5 Å². The average Bonchev–Trinajstić information content (AvgIpc) is 2.61. The number of benzene rings is 1. The third-order valence-corrected chi connectivity index (χ3v) is 3.72. The zero-order valence-electron chi connectivity index (χ0n) is 14.9. The standard InChI is InChI=1S/C18H23NO7/c1-3-25-16(20)10-8-13(9-11-17(21)26-4-2)18(22)14-6-5-7-15(12-14)19(23)24/h5-7,12-13H,3-4,8-11H2,1-2H3. The van der Waals surface area contributed by atoms with Crippen molar-refractivity contribution < 1.29 is 28.8 Å². The molecule has 0 atom stereocenters. The number of ether oxygens (including phenoxy) is 2. The number of nitro groups is 1. The molecular formula is C18H23NO7. The first kappa shape index (κ1) is 21.3. The van der Waals surface area contributed by atoms with Crippen molar-refractivity contribution >= 4 is 23.4 Å². The first-order valence-corrected chi connectivity index (χ1v) is 8.48. The van der Waals surface area contributed by atoms with Crippen LogP contribution in [0, 0.1) is 16.0 Å². The lowest BCUT2D eigenvalue weighted by Crippen LogP contribution is -2.19. The van der Waals surface area contributed by atoms with Gasteiger partial charge in [0.2, 0.25) is 0 Å². The molecule has 0 bridgehead atoms. The number of rotatable bonds is 11. The van der Waals surface area contributed by atoms with Crippen LogP contribution in [0.3, 0.4) is 0 Å². The van der Waals surface area contributed by atoms with Crippen LogP contribution < -0.4 is 0 Å². The molecule has 0 unspecified atom stereocenters. The number of nitrogens with zero attached hydrogens (tertiary/aromatic N) is 1. The van der Waals surface area contributed by atoms with Gasteiger partial charge in [0.15, 0.2) is 5.78 Å². The normalized spacial score (nSPS) is 10.4. The van der Waals surface area contributed by atoms with Crippen LogP contribution in [0.1, 0.15) is 49.9 Å². The zero-order chi connectivity index (χ0) is 19.5. The zero-order valence-corrected chi connectivity index (χ0v) is 14.9. The van der Waals surface area contributed by atoms with Crippen LogP contribution >= 0.6 is 0 Å². The number of hydrogen-bond donors (Lipinski definition) is 0. The molecule has 1 rings (SSSR count). The molecule has 0 saturated heterocycles. The van der Waals surface area contributed by atoms with E-state index < -0.39 is 22.8 Å². The van der Waals surface area contributed by atoms with Gasteiger partial charge in [-0.3, -0.25) is 24.5 Å². The molecule has 1 aromatic rings. The molecule has 8 nitrogen and oxygen atoms in total. The highest BCUT2D eigenvalue weighted by molar-refractivity contribution is 5.98. The second-order valence-corrected chi connectivity index (χ2v) is 5.56. The molecule has 8 heteroatoms. The van der Waals surface area contributed by atoms with Crippen LogP contribution in [0.2, 0.25) is 0 Å². The number of ketones is 1. The third kappa shape index (κ3) is 7.00. The van der Waals surface area contributed by atoms with Crippen molar-refractivity contribution in [3.63, 3.8) is 0 Å². The first-order chi connectivity index (χ1) is 12.4. The van der Waals surface area contributed by atoms with Crippen LogP contribution in [-0.4, -0.2) is 35.9 Å². The summed E-state index contributed by atoms with van der Waals surface area (Å²) < 4.78 is 9.72. The maximum atomic E-state index is 12.7. The van der Waals surface area contributed by atoms with Gasteiger partial charge in [0, 0.05) is 36.5 Å². The summed E-state index contributed by atoms with van der Waals surface area (Å²) in [6.07, 6.45) is 0.448. The highest BCUT2D eigenvalue weighted by Crippen LogP contribution is 2.23. The summed E-state index contributed by atoms with van der Waals surface area (Å²) in [6.45, 7) is 3.85. The van der Waals surface area contributed by atoms with Gasteiger partial charge in [-0.1, -0.05) is 12.1 Å². The molecule has 0 aliphatic heterocycles. The minimum absolute atomic E-state index is 0.0298. The van der Waals surface area contributed by atoms with Crippen molar-refractivity contribution in [3.8, 4) is 0 Å². The highest BCUT2D eigenvalue weighted by atomic mass is 16.6. The minimum atomic E-state index is -0.634. The number of non-ortho nitro benzene ring substituents is 1. The summed E-state index contributed by atoms with van der Waals surface area (Å²) >= 11 is 0. The van der Waals surface area contributed by atoms with E-state index in [9.17, 15) is 24.5 Å². The number of esters is 2. The van der Waals surface area contributed by atoms with Crippen molar-refractivity contribution in [1.82, 2.24) is 0 Å². The van der Waals surface area contributed by atoms with Crippen LogP contribution in [0.5, 0.6) is 0 Å². The van der Waals surface area contributed by atoms with Gasteiger partial charge in [-0.15, -0.1) is 0 Å². The van der Waals surface area contributed by atoms with Gasteiger partial charge in [0.1, 0.15) is 0 Å². The Morgan fingerprint density at radius 1 is 1.04 bits per heavy atom. The fourth-order valence-electron chi connectivity index (χ4n) is 2.47. The lowest BCUT2D eigenvalue weighted by Gasteiger charge is -2.15. The van der Waals surface area contributed by atoms with Gasteiger partial charge in [0.05, 0.1) is 18.1 Å². The lowest BCUT2D eigenvalue weighted by molar-refractivity contribution is -0.384. The number of nitro benzene ring substituents is 1. The Hall–Kier alpha value is -2.77.